The number of carbonyl (C=O) groups is 1. The van der Waals surface area contributed by atoms with E-state index >= 15 is 0 Å². The van der Waals surface area contributed by atoms with Crippen molar-refractivity contribution in [3.63, 3.8) is 0 Å². The summed E-state index contributed by atoms with van der Waals surface area (Å²) in [7, 11) is 0. The monoisotopic (exact) mass is 325 g/mol. The highest BCUT2D eigenvalue weighted by atomic mass is 16.5. The number of aliphatic hydroxyl groups is 1. The van der Waals surface area contributed by atoms with Gasteiger partial charge in [0.15, 0.2) is 0 Å². The molecule has 1 heterocycles. The van der Waals surface area contributed by atoms with Gasteiger partial charge in [-0.2, -0.15) is 0 Å². The predicted molar refractivity (Wildman–Crippen MR) is 92.3 cm³/mol. The second-order valence-electron chi connectivity index (χ2n) is 6.25. The predicted octanol–water partition coefficient (Wildman–Crippen LogP) is 3.00. The maximum atomic E-state index is 12.4. The van der Waals surface area contributed by atoms with E-state index < -0.39 is 12.1 Å². The van der Waals surface area contributed by atoms with Crippen molar-refractivity contribution in [1.29, 1.82) is 0 Å². The molecule has 4 nitrogen and oxygen atoms in total. The first-order valence-electron chi connectivity index (χ1n) is 8.39. The maximum Gasteiger partial charge on any atom is 0.220 e. The number of hydrogen-bond donors (Lipinski definition) is 2. The van der Waals surface area contributed by atoms with Crippen molar-refractivity contribution in [2.75, 3.05) is 13.2 Å². The molecule has 1 aliphatic rings. The molecule has 0 saturated carbocycles. The Morgan fingerprint density at radius 1 is 1.08 bits per heavy atom. The number of hydrogen-bond acceptors (Lipinski definition) is 3. The van der Waals surface area contributed by atoms with Crippen molar-refractivity contribution in [1.82, 2.24) is 5.32 Å². The van der Waals surface area contributed by atoms with Crippen LogP contribution in [0.1, 0.15) is 36.1 Å². The quantitative estimate of drug-likeness (QED) is 0.858. The number of nitrogens with one attached hydrogen (secondary N) is 1. The highest BCUT2D eigenvalue weighted by Crippen LogP contribution is 2.29. The number of rotatable bonds is 6. The smallest absolute Gasteiger partial charge is 0.220 e. The third-order valence-electron chi connectivity index (χ3n) is 4.43. The van der Waals surface area contributed by atoms with E-state index in [1.54, 1.807) is 0 Å². The SMILES string of the molecule is O=C(C[C@H]1CCOC1)N[C@@H](c1ccccc1)[C@H](O)c1ccccc1. The Morgan fingerprint density at radius 2 is 1.71 bits per heavy atom. The minimum Gasteiger partial charge on any atom is -0.386 e. The second-order valence-corrected chi connectivity index (χ2v) is 6.25. The minimum absolute atomic E-state index is 0.0469. The molecule has 4 heteroatoms. The van der Waals surface area contributed by atoms with Crippen LogP contribution < -0.4 is 5.32 Å². The summed E-state index contributed by atoms with van der Waals surface area (Å²) < 4.78 is 5.33. The van der Waals surface area contributed by atoms with Crippen LogP contribution in [0.15, 0.2) is 60.7 Å². The lowest BCUT2D eigenvalue weighted by Gasteiger charge is -2.25. The molecule has 1 aliphatic heterocycles. The summed E-state index contributed by atoms with van der Waals surface area (Å²) in [5, 5.41) is 13.8. The van der Waals surface area contributed by atoms with Gasteiger partial charge in [0, 0.05) is 19.6 Å². The molecule has 2 N–H and O–H groups in total. The van der Waals surface area contributed by atoms with Gasteiger partial charge in [0.2, 0.25) is 5.91 Å². The molecule has 0 bridgehead atoms. The standard InChI is InChI=1S/C20H23NO3/c22-18(13-15-11-12-24-14-15)21-19(16-7-3-1-4-8-16)20(23)17-9-5-2-6-10-17/h1-10,15,19-20,23H,11-14H2,(H,21,22)/t15-,19+,20-/m1/s1. The van der Waals surface area contributed by atoms with Crippen LogP contribution in [0.5, 0.6) is 0 Å². The lowest BCUT2D eigenvalue weighted by molar-refractivity contribution is -0.123. The first-order valence-corrected chi connectivity index (χ1v) is 8.39. The first-order chi connectivity index (χ1) is 11.7. The molecule has 0 aliphatic carbocycles. The van der Waals surface area contributed by atoms with Crippen molar-refractivity contribution >= 4 is 5.91 Å². The molecule has 1 saturated heterocycles. The van der Waals surface area contributed by atoms with Crippen molar-refractivity contribution in [2.45, 2.75) is 25.0 Å². The van der Waals surface area contributed by atoms with Gasteiger partial charge < -0.3 is 15.2 Å². The van der Waals surface area contributed by atoms with Crippen LogP contribution in [-0.4, -0.2) is 24.2 Å². The highest BCUT2D eigenvalue weighted by Gasteiger charge is 2.26. The molecule has 1 amide bonds. The lowest BCUT2D eigenvalue weighted by Crippen LogP contribution is -2.33. The molecule has 0 spiro atoms. The number of ether oxygens (including phenoxy) is 1. The third kappa shape index (κ3) is 4.22. The third-order valence-corrected chi connectivity index (χ3v) is 4.43. The molecule has 3 atom stereocenters. The van der Waals surface area contributed by atoms with Crippen LogP contribution in [-0.2, 0) is 9.53 Å². The van der Waals surface area contributed by atoms with Gasteiger partial charge in [0.05, 0.1) is 6.04 Å². The van der Waals surface area contributed by atoms with Crippen molar-refractivity contribution < 1.29 is 14.6 Å². The largest absolute Gasteiger partial charge is 0.386 e. The summed E-state index contributed by atoms with van der Waals surface area (Å²) in [6.07, 6.45) is 0.563. The van der Waals surface area contributed by atoms with Gasteiger partial charge in [-0.3, -0.25) is 4.79 Å². The molecule has 126 valence electrons. The van der Waals surface area contributed by atoms with E-state index in [0.717, 1.165) is 24.2 Å². The Bertz CT molecular complexity index is 638. The van der Waals surface area contributed by atoms with Gasteiger partial charge in [-0.15, -0.1) is 0 Å². The van der Waals surface area contributed by atoms with Gasteiger partial charge >= 0.3 is 0 Å². The fourth-order valence-corrected chi connectivity index (χ4v) is 3.09. The Hall–Kier alpha value is -2.17. The van der Waals surface area contributed by atoms with Crippen molar-refractivity contribution in [2.24, 2.45) is 5.92 Å². The lowest BCUT2D eigenvalue weighted by atomic mass is 9.95. The van der Waals surface area contributed by atoms with E-state index in [1.165, 1.54) is 0 Å². The van der Waals surface area contributed by atoms with Crippen LogP contribution in [0.2, 0.25) is 0 Å². The Kier molecular flexibility index (Phi) is 5.62. The zero-order valence-electron chi connectivity index (χ0n) is 13.6. The van der Waals surface area contributed by atoms with Gasteiger partial charge in [-0.05, 0) is 23.5 Å². The average Bonchev–Trinajstić information content (AvgIpc) is 3.13. The fourth-order valence-electron chi connectivity index (χ4n) is 3.09. The van der Waals surface area contributed by atoms with Crippen molar-refractivity contribution in [3.8, 4) is 0 Å². The molecule has 2 aromatic carbocycles. The highest BCUT2D eigenvalue weighted by molar-refractivity contribution is 5.76. The maximum absolute atomic E-state index is 12.4. The molecular formula is C20H23NO3. The van der Waals surface area contributed by atoms with E-state index in [-0.39, 0.29) is 11.8 Å². The molecule has 0 unspecified atom stereocenters. The molecule has 0 aromatic heterocycles. The second kappa shape index (κ2) is 8.08. The van der Waals surface area contributed by atoms with E-state index in [9.17, 15) is 9.90 Å². The number of amides is 1. The summed E-state index contributed by atoms with van der Waals surface area (Å²) in [5.74, 6) is 0.227. The summed E-state index contributed by atoms with van der Waals surface area (Å²) in [6, 6.07) is 18.6. The summed E-state index contributed by atoms with van der Waals surface area (Å²) in [5.41, 5.74) is 1.68. The zero-order chi connectivity index (χ0) is 16.8. The zero-order valence-corrected chi connectivity index (χ0v) is 13.6. The Balaban J connectivity index is 1.76. The summed E-state index contributed by atoms with van der Waals surface area (Å²) in [6.45, 7) is 1.37. The van der Waals surface area contributed by atoms with Crippen LogP contribution in [0, 0.1) is 5.92 Å². The van der Waals surface area contributed by atoms with E-state index in [2.05, 4.69) is 5.32 Å². The van der Waals surface area contributed by atoms with Crippen LogP contribution in [0.4, 0.5) is 0 Å². The Labute approximate surface area is 142 Å². The average molecular weight is 325 g/mol. The van der Waals surface area contributed by atoms with Gasteiger partial charge in [0.1, 0.15) is 6.10 Å². The van der Waals surface area contributed by atoms with Crippen LogP contribution in [0.3, 0.4) is 0 Å². The first kappa shape index (κ1) is 16.7. The minimum atomic E-state index is -0.794. The van der Waals surface area contributed by atoms with Gasteiger partial charge in [0.25, 0.3) is 0 Å². The summed E-state index contributed by atoms with van der Waals surface area (Å²) in [4.78, 5) is 12.4. The Morgan fingerprint density at radius 3 is 2.29 bits per heavy atom. The fraction of sp³-hybridized carbons (Fsp3) is 0.350. The van der Waals surface area contributed by atoms with E-state index in [0.29, 0.717) is 13.0 Å². The van der Waals surface area contributed by atoms with Gasteiger partial charge in [-0.25, -0.2) is 0 Å². The molecule has 3 rings (SSSR count). The number of benzene rings is 2. The summed E-state index contributed by atoms with van der Waals surface area (Å²) >= 11 is 0. The van der Waals surface area contributed by atoms with Crippen molar-refractivity contribution in [3.05, 3.63) is 71.8 Å². The number of carbonyl (C=O) groups excluding carboxylic acids is 1. The molecular weight excluding hydrogens is 302 g/mol. The van der Waals surface area contributed by atoms with Crippen LogP contribution >= 0.6 is 0 Å². The van der Waals surface area contributed by atoms with E-state index in [4.69, 9.17) is 4.74 Å². The van der Waals surface area contributed by atoms with Gasteiger partial charge in [-0.1, -0.05) is 60.7 Å². The molecule has 2 aromatic rings. The topological polar surface area (TPSA) is 58.6 Å². The molecule has 0 radical (unpaired) electrons. The van der Waals surface area contributed by atoms with E-state index in [1.807, 2.05) is 60.7 Å². The normalized spacial score (nSPS) is 19.6. The number of aliphatic hydroxyl groups excluding tert-OH is 1. The molecule has 24 heavy (non-hydrogen) atoms. The molecule has 1 fully saturated rings. The van der Waals surface area contributed by atoms with Crippen LogP contribution in [0.25, 0.3) is 0 Å².